The van der Waals surface area contributed by atoms with E-state index in [1.807, 2.05) is 41.3 Å². The Hall–Kier alpha value is -2.51. The molecule has 0 aliphatic carbocycles. The normalized spacial score (nSPS) is 18.6. The van der Waals surface area contributed by atoms with Crippen LogP contribution in [-0.2, 0) is 4.74 Å². The lowest BCUT2D eigenvalue weighted by molar-refractivity contribution is 0.0658. The SMILES string of the molecule is CN1CCN(C(=O)c2cc(N3CCOCC3)nc(-c3ccccc3)n2)CC1. The molecule has 1 aromatic carbocycles. The highest BCUT2D eigenvalue weighted by Gasteiger charge is 2.24. The smallest absolute Gasteiger partial charge is 0.272 e. The van der Waals surface area contributed by atoms with Crippen LogP contribution < -0.4 is 4.90 Å². The quantitative estimate of drug-likeness (QED) is 0.817. The Kier molecular flexibility index (Phi) is 5.31. The lowest BCUT2D eigenvalue weighted by Gasteiger charge is -2.32. The van der Waals surface area contributed by atoms with E-state index in [1.165, 1.54) is 0 Å². The third-order valence-electron chi connectivity index (χ3n) is 5.09. The minimum atomic E-state index is -0.0165. The number of piperazine rings is 1. The molecule has 142 valence electrons. The first-order valence-corrected chi connectivity index (χ1v) is 9.46. The van der Waals surface area contributed by atoms with Crippen LogP contribution in [0.25, 0.3) is 11.4 Å². The second kappa shape index (κ2) is 8.02. The van der Waals surface area contributed by atoms with E-state index in [4.69, 9.17) is 9.72 Å². The first-order chi connectivity index (χ1) is 13.2. The number of aromatic nitrogens is 2. The molecule has 0 atom stereocenters. The molecule has 4 rings (SSSR count). The van der Waals surface area contributed by atoms with Gasteiger partial charge in [0.25, 0.3) is 5.91 Å². The van der Waals surface area contributed by atoms with Gasteiger partial charge in [-0.1, -0.05) is 30.3 Å². The van der Waals surface area contributed by atoms with Crippen molar-refractivity contribution in [3.63, 3.8) is 0 Å². The van der Waals surface area contributed by atoms with Crippen molar-refractivity contribution in [1.29, 1.82) is 0 Å². The third kappa shape index (κ3) is 4.09. The van der Waals surface area contributed by atoms with E-state index in [2.05, 4.69) is 21.8 Å². The Bertz CT molecular complexity index is 784. The van der Waals surface area contributed by atoms with Crippen LogP contribution in [0, 0.1) is 0 Å². The van der Waals surface area contributed by atoms with Crippen LogP contribution in [0.1, 0.15) is 10.5 Å². The van der Waals surface area contributed by atoms with Crippen LogP contribution in [0.2, 0.25) is 0 Å². The van der Waals surface area contributed by atoms with Crippen molar-refractivity contribution in [2.45, 2.75) is 0 Å². The molecule has 0 radical (unpaired) electrons. The number of hydrogen-bond donors (Lipinski definition) is 0. The molecule has 1 aromatic heterocycles. The van der Waals surface area contributed by atoms with Gasteiger partial charge in [-0.05, 0) is 7.05 Å². The highest BCUT2D eigenvalue weighted by atomic mass is 16.5. The van der Waals surface area contributed by atoms with E-state index < -0.39 is 0 Å². The Morgan fingerprint density at radius 2 is 1.67 bits per heavy atom. The predicted molar refractivity (Wildman–Crippen MR) is 104 cm³/mol. The fourth-order valence-corrected chi connectivity index (χ4v) is 3.39. The number of amides is 1. The average molecular weight is 367 g/mol. The molecule has 3 heterocycles. The number of carbonyl (C=O) groups is 1. The number of carbonyl (C=O) groups excluding carboxylic acids is 1. The fraction of sp³-hybridized carbons (Fsp3) is 0.450. The number of nitrogens with zero attached hydrogens (tertiary/aromatic N) is 5. The Morgan fingerprint density at radius 3 is 2.37 bits per heavy atom. The van der Waals surface area contributed by atoms with Gasteiger partial charge in [0.05, 0.1) is 13.2 Å². The number of anilines is 1. The number of morpholine rings is 1. The van der Waals surface area contributed by atoms with Crippen molar-refractivity contribution < 1.29 is 9.53 Å². The zero-order valence-electron chi connectivity index (χ0n) is 15.7. The summed E-state index contributed by atoms with van der Waals surface area (Å²) in [4.78, 5) is 28.8. The molecule has 0 bridgehead atoms. The first-order valence-electron chi connectivity index (χ1n) is 9.46. The average Bonchev–Trinajstić information content (AvgIpc) is 2.75. The Morgan fingerprint density at radius 1 is 0.963 bits per heavy atom. The van der Waals surface area contributed by atoms with Crippen molar-refractivity contribution >= 4 is 11.7 Å². The Labute approximate surface area is 159 Å². The van der Waals surface area contributed by atoms with Crippen LogP contribution in [-0.4, -0.2) is 85.2 Å². The summed E-state index contributed by atoms with van der Waals surface area (Å²) in [6.45, 7) is 6.12. The van der Waals surface area contributed by atoms with Crippen LogP contribution in [0.15, 0.2) is 36.4 Å². The molecule has 7 heteroatoms. The summed E-state index contributed by atoms with van der Waals surface area (Å²) in [5.41, 5.74) is 1.38. The molecule has 27 heavy (non-hydrogen) atoms. The second-order valence-electron chi connectivity index (χ2n) is 7.00. The highest BCUT2D eigenvalue weighted by Crippen LogP contribution is 2.22. The lowest BCUT2D eigenvalue weighted by atomic mass is 10.2. The summed E-state index contributed by atoms with van der Waals surface area (Å²) in [6, 6.07) is 11.7. The largest absolute Gasteiger partial charge is 0.378 e. The molecule has 2 fully saturated rings. The second-order valence-corrected chi connectivity index (χ2v) is 7.00. The molecule has 0 saturated carbocycles. The monoisotopic (exact) mass is 367 g/mol. The van der Waals surface area contributed by atoms with Gasteiger partial charge >= 0.3 is 0 Å². The summed E-state index contributed by atoms with van der Waals surface area (Å²) in [7, 11) is 2.08. The van der Waals surface area contributed by atoms with E-state index >= 15 is 0 Å². The topological polar surface area (TPSA) is 61.8 Å². The molecule has 7 nitrogen and oxygen atoms in total. The van der Waals surface area contributed by atoms with Gasteiger partial charge in [-0.2, -0.15) is 0 Å². The van der Waals surface area contributed by atoms with E-state index in [0.717, 1.165) is 50.6 Å². The van der Waals surface area contributed by atoms with E-state index in [-0.39, 0.29) is 5.91 Å². The number of benzene rings is 1. The third-order valence-corrected chi connectivity index (χ3v) is 5.09. The molecular formula is C20H25N5O2. The predicted octanol–water partition coefficient (Wildman–Crippen LogP) is 1.37. The first kappa shape index (κ1) is 17.9. The number of rotatable bonds is 3. The van der Waals surface area contributed by atoms with Crippen molar-refractivity contribution in [2.24, 2.45) is 0 Å². The highest BCUT2D eigenvalue weighted by molar-refractivity contribution is 5.93. The summed E-state index contributed by atoms with van der Waals surface area (Å²) >= 11 is 0. The molecule has 1 amide bonds. The van der Waals surface area contributed by atoms with Gasteiger partial charge in [-0.3, -0.25) is 4.79 Å². The molecule has 2 aromatic rings. The van der Waals surface area contributed by atoms with Crippen LogP contribution in [0.5, 0.6) is 0 Å². The van der Waals surface area contributed by atoms with Crippen molar-refractivity contribution in [2.75, 3.05) is 64.4 Å². The van der Waals surface area contributed by atoms with Gasteiger partial charge < -0.3 is 19.4 Å². The fourth-order valence-electron chi connectivity index (χ4n) is 3.39. The van der Waals surface area contributed by atoms with Crippen molar-refractivity contribution in [1.82, 2.24) is 19.8 Å². The van der Waals surface area contributed by atoms with Gasteiger partial charge in [0.2, 0.25) is 0 Å². The number of ether oxygens (including phenoxy) is 1. The van der Waals surface area contributed by atoms with Crippen LogP contribution in [0.4, 0.5) is 5.82 Å². The molecule has 2 aliphatic rings. The number of likely N-dealkylation sites (N-methyl/N-ethyl adjacent to an activating group) is 1. The van der Waals surface area contributed by atoms with Gasteiger partial charge in [-0.25, -0.2) is 9.97 Å². The maximum atomic E-state index is 13.1. The standard InChI is InChI=1S/C20H25N5O2/c1-23-7-9-25(10-8-23)20(26)17-15-18(24-11-13-27-14-12-24)22-19(21-17)16-5-3-2-4-6-16/h2-6,15H,7-14H2,1H3. The molecule has 2 saturated heterocycles. The summed E-state index contributed by atoms with van der Waals surface area (Å²) in [6.07, 6.45) is 0. The number of hydrogen-bond acceptors (Lipinski definition) is 6. The molecule has 0 unspecified atom stereocenters. The van der Waals surface area contributed by atoms with Gasteiger partial charge in [0.1, 0.15) is 11.5 Å². The zero-order valence-corrected chi connectivity index (χ0v) is 15.7. The van der Waals surface area contributed by atoms with E-state index in [0.29, 0.717) is 24.7 Å². The molecule has 0 N–H and O–H groups in total. The maximum Gasteiger partial charge on any atom is 0.272 e. The summed E-state index contributed by atoms with van der Waals surface area (Å²) in [5.74, 6) is 1.37. The van der Waals surface area contributed by atoms with Gasteiger partial charge in [0, 0.05) is 50.9 Å². The minimum absolute atomic E-state index is 0.0165. The van der Waals surface area contributed by atoms with Crippen molar-refractivity contribution in [3.05, 3.63) is 42.1 Å². The lowest BCUT2D eigenvalue weighted by Crippen LogP contribution is -2.47. The molecule has 2 aliphatic heterocycles. The molecule has 0 spiro atoms. The molecular weight excluding hydrogens is 342 g/mol. The van der Waals surface area contributed by atoms with Crippen LogP contribution >= 0.6 is 0 Å². The zero-order chi connectivity index (χ0) is 18.6. The summed E-state index contributed by atoms with van der Waals surface area (Å²) < 4.78 is 5.45. The van der Waals surface area contributed by atoms with E-state index in [1.54, 1.807) is 0 Å². The van der Waals surface area contributed by atoms with Crippen molar-refractivity contribution in [3.8, 4) is 11.4 Å². The maximum absolute atomic E-state index is 13.1. The Balaban J connectivity index is 1.68. The van der Waals surface area contributed by atoms with E-state index in [9.17, 15) is 4.79 Å². The van der Waals surface area contributed by atoms with Gasteiger partial charge in [-0.15, -0.1) is 0 Å². The van der Waals surface area contributed by atoms with Crippen LogP contribution in [0.3, 0.4) is 0 Å². The summed E-state index contributed by atoms with van der Waals surface area (Å²) in [5, 5.41) is 0. The van der Waals surface area contributed by atoms with Gasteiger partial charge in [0.15, 0.2) is 5.82 Å². The minimum Gasteiger partial charge on any atom is -0.378 e.